The van der Waals surface area contributed by atoms with Gasteiger partial charge < -0.3 is 18.6 Å². The molecule has 1 aromatic carbocycles. The predicted octanol–water partition coefficient (Wildman–Crippen LogP) is 3.26. The zero-order chi connectivity index (χ0) is 25.5. The first-order chi connectivity index (χ1) is 15.9. The van der Waals surface area contributed by atoms with Gasteiger partial charge in [0, 0.05) is 11.1 Å². The van der Waals surface area contributed by atoms with E-state index in [2.05, 4.69) is 9.72 Å². The molecular formula is C23H19NO10. The van der Waals surface area contributed by atoms with Crippen LogP contribution in [0.1, 0.15) is 69.1 Å². The molecule has 11 heteroatoms. The van der Waals surface area contributed by atoms with Crippen molar-refractivity contribution in [2.24, 2.45) is 0 Å². The van der Waals surface area contributed by atoms with Gasteiger partial charge in [0.05, 0.1) is 19.8 Å². The minimum absolute atomic E-state index is 0.0746. The van der Waals surface area contributed by atoms with Crippen molar-refractivity contribution in [3.05, 3.63) is 38.5 Å². The summed E-state index contributed by atoms with van der Waals surface area (Å²) >= 11 is 0. The quantitative estimate of drug-likeness (QED) is 0.226. The Morgan fingerprint density at radius 2 is 1.41 bits per heavy atom. The third kappa shape index (κ3) is 3.81. The van der Waals surface area contributed by atoms with Crippen molar-refractivity contribution in [3.63, 3.8) is 0 Å². The number of methoxy groups -OCH3 is 2. The number of nitrogens with zero attached hydrogens (tertiary/aromatic N) is 1. The second kappa shape index (κ2) is 8.85. The fraction of sp³-hybridized carbons (Fsp3) is 0.261. The van der Waals surface area contributed by atoms with Crippen molar-refractivity contribution in [2.75, 3.05) is 14.2 Å². The van der Waals surface area contributed by atoms with E-state index in [0.717, 1.165) is 21.1 Å². The van der Waals surface area contributed by atoms with E-state index in [1.165, 1.54) is 26.8 Å². The summed E-state index contributed by atoms with van der Waals surface area (Å²) in [6, 6.07) is 1.21. The number of ether oxygens (including phenoxy) is 3. The topological polar surface area (TPSA) is 156 Å². The second-order valence-electron chi connectivity index (χ2n) is 7.26. The van der Waals surface area contributed by atoms with Gasteiger partial charge >= 0.3 is 6.16 Å². The Morgan fingerprint density at radius 3 is 1.88 bits per heavy atom. The van der Waals surface area contributed by atoms with Crippen LogP contribution >= 0.6 is 0 Å². The van der Waals surface area contributed by atoms with Gasteiger partial charge in [0.1, 0.15) is 11.1 Å². The molecule has 34 heavy (non-hydrogen) atoms. The summed E-state index contributed by atoms with van der Waals surface area (Å²) in [5.74, 6) is -3.76. The van der Waals surface area contributed by atoms with Crippen LogP contribution in [0.4, 0.5) is 4.79 Å². The molecule has 1 aliphatic carbocycles. The van der Waals surface area contributed by atoms with Crippen molar-refractivity contribution in [3.8, 4) is 23.0 Å². The highest BCUT2D eigenvalue weighted by atomic mass is 16.7. The lowest BCUT2D eigenvalue weighted by molar-refractivity contribution is 0.0979. The number of ketones is 4. The lowest BCUT2D eigenvalue weighted by atomic mass is 9.94. The number of aromatic nitrogens is 1. The van der Waals surface area contributed by atoms with Gasteiger partial charge in [-0.3, -0.25) is 24.0 Å². The van der Waals surface area contributed by atoms with Crippen molar-refractivity contribution in [1.82, 2.24) is 4.98 Å². The second-order valence-corrected chi connectivity index (χ2v) is 7.26. The molecule has 0 bridgehead atoms. The molecule has 0 spiro atoms. The minimum atomic E-state index is -1.25. The summed E-state index contributed by atoms with van der Waals surface area (Å²) in [4.78, 5) is 78.6. The van der Waals surface area contributed by atoms with Gasteiger partial charge in [-0.2, -0.15) is 0 Å². The fourth-order valence-corrected chi connectivity index (χ4v) is 3.54. The number of hydrogen-bond acceptors (Lipinski definition) is 11. The standard InChI is InChI=1S/C23H19NO10/c1-8(25)12-7-13(9(2)26)16-19(14(12)10(3)27)33-21-17(24-16)20(34-23(30)32-6)15(11(4)28)18(29)22(21)31-5/h7H,1-6H3. The van der Waals surface area contributed by atoms with E-state index in [-0.39, 0.29) is 39.2 Å². The molecule has 0 saturated heterocycles. The van der Waals surface area contributed by atoms with Crippen molar-refractivity contribution < 1.29 is 42.6 Å². The van der Waals surface area contributed by atoms with Gasteiger partial charge in [0.25, 0.3) is 0 Å². The fourth-order valence-electron chi connectivity index (χ4n) is 3.54. The number of carbonyl (C=O) groups excluding carboxylic acids is 5. The summed E-state index contributed by atoms with van der Waals surface area (Å²) in [6.07, 6.45) is -1.25. The van der Waals surface area contributed by atoms with E-state index in [1.54, 1.807) is 0 Å². The Hall–Kier alpha value is -4.41. The molecule has 3 rings (SSSR count). The van der Waals surface area contributed by atoms with E-state index in [9.17, 15) is 28.8 Å². The molecule has 0 fully saturated rings. The zero-order valence-electron chi connectivity index (χ0n) is 19.1. The molecule has 0 radical (unpaired) electrons. The number of hydrogen-bond donors (Lipinski definition) is 0. The SMILES string of the molecule is COC(=O)Oc1c2nc3c(C(C)=O)cc(C(C)=O)c(C(C)=O)c3oc-2c(OC)c(=O)c1C(C)=O. The molecular weight excluding hydrogens is 450 g/mol. The Kier molecular flexibility index (Phi) is 6.31. The van der Waals surface area contributed by atoms with Crippen LogP contribution in [-0.2, 0) is 4.74 Å². The first-order valence-corrected chi connectivity index (χ1v) is 9.79. The molecule has 11 nitrogen and oxygen atoms in total. The van der Waals surface area contributed by atoms with Crippen molar-refractivity contribution >= 4 is 40.4 Å². The van der Waals surface area contributed by atoms with E-state index >= 15 is 0 Å². The molecule has 1 heterocycles. The Labute approximate surface area is 191 Å². The lowest BCUT2D eigenvalue weighted by Gasteiger charge is -2.18. The molecule has 0 atom stereocenters. The molecule has 1 aromatic rings. The maximum absolute atomic E-state index is 13.0. The summed E-state index contributed by atoms with van der Waals surface area (Å²) in [5.41, 5.74) is -2.57. The number of rotatable bonds is 6. The smallest absolute Gasteiger partial charge is 0.490 e. The van der Waals surface area contributed by atoms with E-state index in [4.69, 9.17) is 13.9 Å². The van der Waals surface area contributed by atoms with Crippen LogP contribution in [0.3, 0.4) is 0 Å². The third-order valence-electron chi connectivity index (χ3n) is 5.00. The Morgan fingerprint density at radius 1 is 0.824 bits per heavy atom. The van der Waals surface area contributed by atoms with Crippen LogP contribution in [0.15, 0.2) is 15.3 Å². The summed E-state index contributed by atoms with van der Waals surface area (Å²) in [7, 11) is 2.16. The highest BCUT2D eigenvalue weighted by Crippen LogP contribution is 2.41. The molecule has 0 N–H and O–H groups in total. The minimum Gasteiger partial charge on any atom is -0.490 e. The van der Waals surface area contributed by atoms with Gasteiger partial charge in [-0.15, -0.1) is 0 Å². The highest BCUT2D eigenvalue weighted by Gasteiger charge is 2.34. The molecule has 0 aromatic heterocycles. The van der Waals surface area contributed by atoms with Crippen LogP contribution in [0, 0.1) is 0 Å². The average molecular weight is 469 g/mol. The molecule has 0 amide bonds. The van der Waals surface area contributed by atoms with Crippen molar-refractivity contribution in [2.45, 2.75) is 27.7 Å². The van der Waals surface area contributed by atoms with Crippen LogP contribution in [0.2, 0.25) is 0 Å². The third-order valence-corrected chi connectivity index (χ3v) is 5.00. The lowest BCUT2D eigenvalue weighted by Crippen LogP contribution is -2.22. The monoisotopic (exact) mass is 469 g/mol. The van der Waals surface area contributed by atoms with Crippen LogP contribution < -0.4 is 14.9 Å². The first kappa shape index (κ1) is 24.2. The van der Waals surface area contributed by atoms with E-state index in [1.807, 2.05) is 0 Å². The highest BCUT2D eigenvalue weighted by molar-refractivity contribution is 6.18. The molecule has 176 valence electrons. The molecule has 0 saturated carbocycles. The predicted molar refractivity (Wildman–Crippen MR) is 117 cm³/mol. The zero-order valence-corrected chi connectivity index (χ0v) is 19.1. The van der Waals surface area contributed by atoms with E-state index < -0.39 is 51.8 Å². The van der Waals surface area contributed by atoms with Gasteiger partial charge in [0.2, 0.25) is 16.9 Å². The van der Waals surface area contributed by atoms with E-state index in [0.29, 0.717) is 0 Å². The average Bonchev–Trinajstić information content (AvgIpc) is 2.76. The largest absolute Gasteiger partial charge is 0.513 e. The van der Waals surface area contributed by atoms with Gasteiger partial charge in [0.15, 0.2) is 40.2 Å². The number of Topliss-reactive ketones (excluding diaryl/α,β-unsaturated/α-hetero) is 4. The maximum atomic E-state index is 13.0. The van der Waals surface area contributed by atoms with Crippen LogP contribution in [-0.4, -0.2) is 48.5 Å². The van der Waals surface area contributed by atoms with Crippen LogP contribution in [0.25, 0.3) is 22.6 Å². The van der Waals surface area contributed by atoms with Gasteiger partial charge in [-0.05, 0) is 33.8 Å². The first-order valence-electron chi connectivity index (χ1n) is 9.79. The normalized spacial score (nSPS) is 10.8. The summed E-state index contributed by atoms with van der Waals surface area (Å²) < 4.78 is 20.6. The molecule has 1 aliphatic heterocycles. The number of fused-ring (bicyclic) bond motifs is 2. The van der Waals surface area contributed by atoms with Gasteiger partial charge in [-0.25, -0.2) is 9.78 Å². The Balaban J connectivity index is 2.71. The van der Waals surface area contributed by atoms with Gasteiger partial charge in [-0.1, -0.05) is 0 Å². The number of carbonyl (C=O) groups is 5. The maximum Gasteiger partial charge on any atom is 0.513 e. The summed E-state index contributed by atoms with van der Waals surface area (Å²) in [5, 5.41) is 0. The summed E-state index contributed by atoms with van der Waals surface area (Å²) in [6.45, 7) is 4.68. The number of benzene rings is 2. The van der Waals surface area contributed by atoms with Crippen LogP contribution in [0.5, 0.6) is 11.5 Å². The van der Waals surface area contributed by atoms with Crippen molar-refractivity contribution in [1.29, 1.82) is 0 Å². The molecule has 0 unspecified atom stereocenters. The Bertz CT molecular complexity index is 1450. The molecule has 2 aliphatic rings.